The molecule has 0 aliphatic heterocycles. The zero-order chi connectivity index (χ0) is 18.5. The molecule has 1 heterocycles. The summed E-state index contributed by atoms with van der Waals surface area (Å²) in [5.74, 6) is -0.898. The van der Waals surface area contributed by atoms with Crippen molar-refractivity contribution in [2.75, 3.05) is 0 Å². The minimum absolute atomic E-state index is 0.0715. The molecule has 0 saturated heterocycles. The summed E-state index contributed by atoms with van der Waals surface area (Å²) in [6.45, 7) is 0. The van der Waals surface area contributed by atoms with Crippen LogP contribution in [0.2, 0.25) is 0 Å². The van der Waals surface area contributed by atoms with Gasteiger partial charge in [0, 0.05) is 23.3 Å². The van der Waals surface area contributed by atoms with Crippen LogP contribution in [0.5, 0.6) is 0 Å². The predicted molar refractivity (Wildman–Crippen MR) is 92.1 cm³/mol. The van der Waals surface area contributed by atoms with Crippen LogP contribution in [0.3, 0.4) is 0 Å². The lowest BCUT2D eigenvalue weighted by Gasteiger charge is -1.96. The molecule has 0 spiro atoms. The van der Waals surface area contributed by atoms with Gasteiger partial charge < -0.3 is 0 Å². The number of benzene rings is 2. The van der Waals surface area contributed by atoms with Crippen LogP contribution in [-0.2, 0) is 0 Å². The average molecular weight is 353 g/mol. The normalized spacial score (nSPS) is 10.8. The fourth-order valence-electron chi connectivity index (χ4n) is 2.15. The largest absolute Gasteiger partial charge is 0.289 e. The van der Waals surface area contributed by atoms with Crippen LogP contribution in [-0.4, -0.2) is 27.2 Å². The summed E-state index contributed by atoms with van der Waals surface area (Å²) in [5, 5.41) is 21.1. The third-order valence-corrected chi connectivity index (χ3v) is 3.42. The number of carbonyl (C=O) groups excluding carboxylic acids is 1. The van der Waals surface area contributed by atoms with Crippen LogP contribution in [0.1, 0.15) is 16.1 Å². The maximum Gasteiger partial charge on any atom is 0.289 e. The van der Waals surface area contributed by atoms with E-state index in [2.05, 4.69) is 20.7 Å². The van der Waals surface area contributed by atoms with Gasteiger partial charge in [-0.1, -0.05) is 12.1 Å². The van der Waals surface area contributed by atoms with E-state index in [4.69, 9.17) is 0 Å². The molecule has 0 bridgehead atoms. The number of hydrazone groups is 1. The number of nitro groups is 1. The molecule has 1 aromatic heterocycles. The minimum Gasteiger partial charge on any atom is -0.272 e. The number of rotatable bonds is 5. The first-order chi connectivity index (χ1) is 12.5. The van der Waals surface area contributed by atoms with Gasteiger partial charge in [-0.25, -0.2) is 9.82 Å². The average Bonchev–Trinajstić information content (AvgIpc) is 3.13. The summed E-state index contributed by atoms with van der Waals surface area (Å²) in [4.78, 5) is 22.2. The van der Waals surface area contributed by atoms with Gasteiger partial charge in [-0.15, -0.1) is 0 Å². The van der Waals surface area contributed by atoms with Crippen molar-refractivity contribution in [3.63, 3.8) is 0 Å². The maximum atomic E-state index is 12.9. The van der Waals surface area contributed by atoms with Gasteiger partial charge in [0.05, 0.1) is 16.8 Å². The topological polar surface area (TPSA) is 113 Å². The number of halogens is 1. The van der Waals surface area contributed by atoms with Crippen molar-refractivity contribution >= 4 is 17.8 Å². The second-order valence-corrected chi connectivity index (χ2v) is 5.22. The van der Waals surface area contributed by atoms with Gasteiger partial charge in [0.2, 0.25) is 0 Å². The van der Waals surface area contributed by atoms with E-state index >= 15 is 0 Å². The van der Waals surface area contributed by atoms with Gasteiger partial charge in [0.1, 0.15) is 11.5 Å². The smallest absolute Gasteiger partial charge is 0.272 e. The van der Waals surface area contributed by atoms with Gasteiger partial charge in [-0.2, -0.15) is 10.2 Å². The molecule has 9 heteroatoms. The molecule has 2 aromatic carbocycles. The molecule has 26 heavy (non-hydrogen) atoms. The van der Waals surface area contributed by atoms with Gasteiger partial charge in [-0.3, -0.25) is 20.0 Å². The van der Waals surface area contributed by atoms with Crippen molar-refractivity contribution in [2.24, 2.45) is 5.10 Å². The number of aromatic nitrogens is 2. The SMILES string of the molecule is O=C(N/N=C\c1cccc([N+](=O)[O-])c1)c1cc(-c2ccc(F)cc2)n[nH]1. The van der Waals surface area contributed by atoms with Crippen LogP contribution >= 0.6 is 0 Å². The molecule has 1 amide bonds. The molecular formula is C17H12FN5O3. The fraction of sp³-hybridized carbons (Fsp3) is 0. The number of nitrogens with one attached hydrogen (secondary N) is 2. The van der Waals surface area contributed by atoms with Crippen LogP contribution in [0.15, 0.2) is 59.7 Å². The molecule has 8 nitrogen and oxygen atoms in total. The van der Waals surface area contributed by atoms with E-state index in [9.17, 15) is 19.3 Å². The van der Waals surface area contributed by atoms with Gasteiger partial charge in [0.25, 0.3) is 11.6 Å². The standard InChI is InChI=1S/C17H12FN5O3/c18-13-6-4-12(5-7-13)15-9-16(21-20-15)17(24)22-19-10-11-2-1-3-14(8-11)23(25)26/h1-10H,(H,20,21)(H,22,24)/b19-10-. The van der Waals surface area contributed by atoms with Crippen molar-refractivity contribution in [3.05, 3.63) is 81.8 Å². The molecule has 0 fully saturated rings. The lowest BCUT2D eigenvalue weighted by Crippen LogP contribution is -2.18. The first-order valence-corrected chi connectivity index (χ1v) is 7.42. The zero-order valence-electron chi connectivity index (χ0n) is 13.2. The number of nitro benzene ring substituents is 1. The Hall–Kier alpha value is -3.88. The Kier molecular flexibility index (Phi) is 4.79. The summed E-state index contributed by atoms with van der Waals surface area (Å²) >= 11 is 0. The lowest BCUT2D eigenvalue weighted by atomic mass is 10.1. The monoisotopic (exact) mass is 353 g/mol. The van der Waals surface area contributed by atoms with Gasteiger partial charge in [0.15, 0.2) is 0 Å². The highest BCUT2D eigenvalue weighted by molar-refractivity contribution is 5.94. The second-order valence-electron chi connectivity index (χ2n) is 5.22. The molecule has 0 aliphatic carbocycles. The van der Waals surface area contributed by atoms with Crippen LogP contribution in [0, 0.1) is 15.9 Å². The number of aromatic amines is 1. The number of nitrogens with zero attached hydrogens (tertiary/aromatic N) is 3. The van der Waals surface area contributed by atoms with Crippen LogP contribution < -0.4 is 5.43 Å². The molecular weight excluding hydrogens is 341 g/mol. The Morgan fingerprint density at radius 1 is 1.23 bits per heavy atom. The first-order valence-electron chi connectivity index (χ1n) is 7.42. The fourth-order valence-corrected chi connectivity index (χ4v) is 2.15. The van der Waals surface area contributed by atoms with Crippen molar-refractivity contribution < 1.29 is 14.1 Å². The Balaban J connectivity index is 1.66. The summed E-state index contributed by atoms with van der Waals surface area (Å²) < 4.78 is 12.9. The highest BCUT2D eigenvalue weighted by Gasteiger charge is 2.10. The quantitative estimate of drug-likeness (QED) is 0.417. The highest BCUT2D eigenvalue weighted by Crippen LogP contribution is 2.18. The number of hydrogen-bond donors (Lipinski definition) is 2. The summed E-state index contributed by atoms with van der Waals surface area (Å²) in [6, 6.07) is 13.0. The summed E-state index contributed by atoms with van der Waals surface area (Å²) in [5.41, 5.74) is 4.00. The number of amides is 1. The van der Waals surface area contributed by atoms with Crippen molar-refractivity contribution in [3.8, 4) is 11.3 Å². The molecule has 0 saturated carbocycles. The Bertz CT molecular complexity index is 982. The third kappa shape index (κ3) is 3.96. The lowest BCUT2D eigenvalue weighted by molar-refractivity contribution is -0.384. The Morgan fingerprint density at radius 2 is 2.00 bits per heavy atom. The second kappa shape index (κ2) is 7.34. The molecule has 0 radical (unpaired) electrons. The van der Waals surface area contributed by atoms with E-state index < -0.39 is 10.8 Å². The maximum absolute atomic E-state index is 12.9. The van der Waals surface area contributed by atoms with Crippen molar-refractivity contribution in [1.82, 2.24) is 15.6 Å². The highest BCUT2D eigenvalue weighted by atomic mass is 19.1. The van der Waals surface area contributed by atoms with Crippen LogP contribution in [0.4, 0.5) is 10.1 Å². The predicted octanol–water partition coefficient (Wildman–Crippen LogP) is 2.89. The molecule has 0 unspecified atom stereocenters. The van der Waals surface area contributed by atoms with Crippen molar-refractivity contribution in [1.29, 1.82) is 0 Å². The summed E-state index contributed by atoms with van der Waals surface area (Å²) in [7, 11) is 0. The molecule has 3 rings (SSSR count). The van der Waals surface area contributed by atoms with E-state index in [0.717, 1.165) is 0 Å². The Morgan fingerprint density at radius 3 is 2.73 bits per heavy atom. The van der Waals surface area contributed by atoms with E-state index in [-0.39, 0.29) is 17.2 Å². The Labute approximate surface area is 146 Å². The van der Waals surface area contributed by atoms with Gasteiger partial charge in [-0.05, 0) is 30.3 Å². The minimum atomic E-state index is -0.535. The zero-order valence-corrected chi connectivity index (χ0v) is 13.2. The van der Waals surface area contributed by atoms with Crippen molar-refractivity contribution in [2.45, 2.75) is 0 Å². The molecule has 130 valence electrons. The first kappa shape index (κ1) is 17.0. The van der Waals surface area contributed by atoms with Crippen LogP contribution in [0.25, 0.3) is 11.3 Å². The molecule has 2 N–H and O–H groups in total. The van der Waals surface area contributed by atoms with E-state index in [0.29, 0.717) is 16.8 Å². The number of non-ortho nitro benzene ring substituents is 1. The third-order valence-electron chi connectivity index (χ3n) is 3.42. The van der Waals surface area contributed by atoms with E-state index in [1.807, 2.05) is 0 Å². The summed E-state index contributed by atoms with van der Waals surface area (Å²) in [6.07, 6.45) is 1.29. The van der Waals surface area contributed by atoms with E-state index in [1.165, 1.54) is 42.6 Å². The number of hydrogen-bond acceptors (Lipinski definition) is 5. The molecule has 0 aliphatic rings. The van der Waals surface area contributed by atoms with Gasteiger partial charge >= 0.3 is 0 Å². The number of H-pyrrole nitrogens is 1. The molecule has 3 aromatic rings. The number of carbonyl (C=O) groups is 1. The van der Waals surface area contributed by atoms with E-state index in [1.54, 1.807) is 18.2 Å². The molecule has 0 atom stereocenters.